The number of H-pyrrole nitrogens is 1. The number of carbonyl (C=O) groups excluding carboxylic acids is 1. The van der Waals surface area contributed by atoms with Crippen molar-refractivity contribution in [2.45, 2.75) is 46.2 Å². The summed E-state index contributed by atoms with van der Waals surface area (Å²) in [6, 6.07) is 0.0588. The third kappa shape index (κ3) is 4.73. The summed E-state index contributed by atoms with van der Waals surface area (Å²) < 4.78 is 1.99. The van der Waals surface area contributed by atoms with Crippen LogP contribution in [0.25, 0.3) is 0 Å². The number of hydrogen-bond acceptors (Lipinski definition) is 3. The molecule has 114 valence electrons. The van der Waals surface area contributed by atoms with Crippen LogP contribution >= 0.6 is 0 Å². The molecule has 2 aromatic rings. The average molecular weight is 289 g/mol. The predicted molar refractivity (Wildman–Crippen MR) is 80.5 cm³/mol. The summed E-state index contributed by atoms with van der Waals surface area (Å²) in [7, 11) is 0. The molecular formula is C15H23N5O. The minimum atomic E-state index is -0.0183. The maximum absolute atomic E-state index is 12.2. The molecule has 6 nitrogen and oxygen atoms in total. The number of carbonyl (C=O) groups is 1. The Kier molecular flexibility index (Phi) is 4.77. The molecule has 0 aliphatic heterocycles. The lowest BCUT2D eigenvalue weighted by molar-refractivity contribution is -0.122. The van der Waals surface area contributed by atoms with E-state index in [1.807, 2.05) is 17.0 Å². The van der Waals surface area contributed by atoms with E-state index in [-0.39, 0.29) is 17.4 Å². The minimum absolute atomic E-state index is 0.0183. The van der Waals surface area contributed by atoms with Crippen LogP contribution < -0.4 is 5.32 Å². The number of aromatic amines is 1. The first-order valence-corrected chi connectivity index (χ1v) is 7.18. The van der Waals surface area contributed by atoms with Crippen molar-refractivity contribution in [1.82, 2.24) is 25.1 Å². The van der Waals surface area contributed by atoms with E-state index in [2.05, 4.69) is 41.3 Å². The van der Waals surface area contributed by atoms with Crippen LogP contribution in [0.3, 0.4) is 0 Å². The molecule has 0 aliphatic rings. The van der Waals surface area contributed by atoms with Gasteiger partial charge < -0.3 is 9.88 Å². The summed E-state index contributed by atoms with van der Waals surface area (Å²) in [6.45, 7) is 7.11. The van der Waals surface area contributed by atoms with E-state index < -0.39 is 0 Å². The number of nitrogens with zero attached hydrogens (tertiary/aromatic N) is 3. The lowest BCUT2D eigenvalue weighted by Crippen LogP contribution is -2.46. The molecule has 21 heavy (non-hydrogen) atoms. The van der Waals surface area contributed by atoms with Crippen molar-refractivity contribution in [2.75, 3.05) is 0 Å². The van der Waals surface area contributed by atoms with Crippen molar-refractivity contribution in [3.8, 4) is 0 Å². The van der Waals surface area contributed by atoms with Crippen LogP contribution in [0.1, 0.15) is 32.8 Å². The van der Waals surface area contributed by atoms with Crippen LogP contribution in [0.15, 0.2) is 31.1 Å². The van der Waals surface area contributed by atoms with Crippen LogP contribution in [-0.2, 0) is 17.8 Å². The lowest BCUT2D eigenvalue weighted by atomic mass is 9.86. The smallest absolute Gasteiger partial charge is 0.220 e. The fourth-order valence-corrected chi connectivity index (χ4v) is 2.08. The van der Waals surface area contributed by atoms with Gasteiger partial charge in [-0.3, -0.25) is 9.89 Å². The van der Waals surface area contributed by atoms with Gasteiger partial charge in [-0.1, -0.05) is 20.8 Å². The quantitative estimate of drug-likeness (QED) is 0.851. The maximum atomic E-state index is 12.2. The van der Waals surface area contributed by atoms with Gasteiger partial charge in [-0.2, -0.15) is 5.10 Å². The largest absolute Gasteiger partial charge is 0.351 e. The monoisotopic (exact) mass is 289 g/mol. The number of nitrogens with one attached hydrogen (secondary N) is 2. The number of aryl methyl sites for hydroxylation is 1. The molecule has 6 heteroatoms. The van der Waals surface area contributed by atoms with Crippen molar-refractivity contribution in [3.05, 3.63) is 36.7 Å². The average Bonchev–Trinajstić information content (AvgIpc) is 3.07. The van der Waals surface area contributed by atoms with Crippen LogP contribution in [0.4, 0.5) is 0 Å². The molecule has 2 heterocycles. The maximum Gasteiger partial charge on any atom is 0.220 e. The van der Waals surface area contributed by atoms with E-state index in [9.17, 15) is 4.79 Å². The van der Waals surface area contributed by atoms with Gasteiger partial charge in [-0.05, 0) is 17.4 Å². The summed E-state index contributed by atoms with van der Waals surface area (Å²) in [4.78, 5) is 16.2. The zero-order valence-electron chi connectivity index (χ0n) is 12.8. The number of imidazole rings is 1. The molecule has 2 rings (SSSR count). The second-order valence-corrected chi connectivity index (χ2v) is 6.35. The Labute approximate surface area is 125 Å². The molecule has 0 spiro atoms. The standard InChI is InChI=1S/C15H23N5O/c1-15(2,3)13(10-20-7-6-16-11-20)19-14(21)5-4-12-8-17-18-9-12/h6-9,11,13H,4-5,10H2,1-3H3,(H,17,18)(H,19,21). The Morgan fingerprint density at radius 2 is 2.29 bits per heavy atom. The van der Waals surface area contributed by atoms with Gasteiger partial charge in [-0.15, -0.1) is 0 Å². The van der Waals surface area contributed by atoms with E-state index in [0.29, 0.717) is 12.8 Å². The van der Waals surface area contributed by atoms with Gasteiger partial charge >= 0.3 is 0 Å². The third-order valence-corrected chi connectivity index (χ3v) is 3.53. The predicted octanol–water partition coefficient (Wildman–Crippen LogP) is 1.77. The van der Waals surface area contributed by atoms with Gasteiger partial charge in [0.2, 0.25) is 5.91 Å². The highest BCUT2D eigenvalue weighted by Gasteiger charge is 2.26. The van der Waals surface area contributed by atoms with Crippen LogP contribution in [-0.4, -0.2) is 31.7 Å². The van der Waals surface area contributed by atoms with Gasteiger partial charge in [0.1, 0.15) is 0 Å². The van der Waals surface area contributed by atoms with Crippen LogP contribution in [0, 0.1) is 5.41 Å². The lowest BCUT2D eigenvalue weighted by Gasteiger charge is -2.31. The summed E-state index contributed by atoms with van der Waals surface area (Å²) >= 11 is 0. The second-order valence-electron chi connectivity index (χ2n) is 6.35. The molecule has 1 atom stereocenters. The summed E-state index contributed by atoms with van der Waals surface area (Å²) in [5.74, 6) is 0.0660. The highest BCUT2D eigenvalue weighted by atomic mass is 16.1. The van der Waals surface area contributed by atoms with Crippen LogP contribution in [0.2, 0.25) is 0 Å². The van der Waals surface area contributed by atoms with Gasteiger partial charge in [0, 0.05) is 31.6 Å². The summed E-state index contributed by atoms with van der Waals surface area (Å²) in [5, 5.41) is 9.78. The molecule has 0 saturated carbocycles. The Balaban J connectivity index is 1.90. The summed E-state index contributed by atoms with van der Waals surface area (Å²) in [6.07, 6.45) is 10.2. The molecule has 0 fully saturated rings. The first-order valence-electron chi connectivity index (χ1n) is 7.18. The van der Waals surface area contributed by atoms with Gasteiger partial charge in [0.25, 0.3) is 0 Å². The van der Waals surface area contributed by atoms with Gasteiger partial charge in [0.05, 0.1) is 18.6 Å². The van der Waals surface area contributed by atoms with Crippen molar-refractivity contribution >= 4 is 5.91 Å². The molecule has 2 aromatic heterocycles. The topological polar surface area (TPSA) is 75.6 Å². The molecule has 0 bridgehead atoms. The Morgan fingerprint density at radius 1 is 1.48 bits per heavy atom. The number of hydrogen-bond donors (Lipinski definition) is 2. The minimum Gasteiger partial charge on any atom is -0.351 e. The van der Waals surface area contributed by atoms with E-state index in [0.717, 1.165) is 12.1 Å². The Hall–Kier alpha value is -2.11. The highest BCUT2D eigenvalue weighted by molar-refractivity contribution is 5.76. The zero-order valence-corrected chi connectivity index (χ0v) is 12.8. The van der Waals surface area contributed by atoms with E-state index in [1.54, 1.807) is 18.7 Å². The Bertz CT molecular complexity index is 539. The van der Waals surface area contributed by atoms with E-state index in [1.165, 1.54) is 0 Å². The molecule has 0 saturated heterocycles. The van der Waals surface area contributed by atoms with E-state index >= 15 is 0 Å². The molecule has 1 amide bonds. The second kappa shape index (κ2) is 6.56. The normalized spacial score (nSPS) is 13.1. The first kappa shape index (κ1) is 15.3. The molecule has 0 aliphatic carbocycles. The summed E-state index contributed by atoms with van der Waals surface area (Å²) in [5.41, 5.74) is 1.03. The first-order chi connectivity index (χ1) is 9.95. The van der Waals surface area contributed by atoms with E-state index in [4.69, 9.17) is 0 Å². The molecule has 1 unspecified atom stereocenters. The Morgan fingerprint density at radius 3 is 2.86 bits per heavy atom. The molecular weight excluding hydrogens is 266 g/mol. The number of amides is 1. The molecule has 0 radical (unpaired) electrons. The van der Waals surface area contributed by atoms with Crippen LogP contribution in [0.5, 0.6) is 0 Å². The van der Waals surface area contributed by atoms with Crippen molar-refractivity contribution in [1.29, 1.82) is 0 Å². The zero-order chi connectivity index (χ0) is 15.3. The number of aromatic nitrogens is 4. The molecule has 2 N–H and O–H groups in total. The number of rotatable bonds is 6. The van der Waals surface area contributed by atoms with Crippen molar-refractivity contribution in [3.63, 3.8) is 0 Å². The SMILES string of the molecule is CC(C)(C)C(Cn1ccnc1)NC(=O)CCc1cn[nH]c1. The fourth-order valence-electron chi connectivity index (χ4n) is 2.08. The fraction of sp³-hybridized carbons (Fsp3) is 0.533. The van der Waals surface area contributed by atoms with Gasteiger partial charge in [-0.25, -0.2) is 4.98 Å². The molecule has 0 aromatic carbocycles. The third-order valence-electron chi connectivity index (χ3n) is 3.53. The van der Waals surface area contributed by atoms with Gasteiger partial charge in [0.15, 0.2) is 0 Å². The highest BCUT2D eigenvalue weighted by Crippen LogP contribution is 2.21. The van der Waals surface area contributed by atoms with Crippen molar-refractivity contribution in [2.24, 2.45) is 5.41 Å². The van der Waals surface area contributed by atoms with Crippen molar-refractivity contribution < 1.29 is 4.79 Å².